The first kappa shape index (κ1) is 18.8. The van der Waals surface area contributed by atoms with Gasteiger partial charge >= 0.3 is 0 Å². The number of nitrogens with zero attached hydrogens (tertiary/aromatic N) is 2. The van der Waals surface area contributed by atoms with Crippen LogP contribution in [0.5, 0.6) is 0 Å². The molecule has 3 rings (SSSR count). The Morgan fingerprint density at radius 3 is 2.62 bits per heavy atom. The molecule has 138 valence electrons. The maximum Gasteiger partial charge on any atom is 0.268 e. The molecule has 0 aliphatic carbocycles. The molecule has 5 nitrogen and oxygen atoms in total. The Kier molecular flexibility index (Phi) is 5.27. The second kappa shape index (κ2) is 7.31. The van der Waals surface area contributed by atoms with E-state index in [0.717, 1.165) is 29.7 Å². The van der Waals surface area contributed by atoms with Gasteiger partial charge in [0.2, 0.25) is 0 Å². The normalized spacial score (nSPS) is 12.0. The van der Waals surface area contributed by atoms with E-state index in [9.17, 15) is 8.42 Å². The van der Waals surface area contributed by atoms with Crippen LogP contribution in [0.25, 0.3) is 10.9 Å². The highest BCUT2D eigenvalue weighted by Crippen LogP contribution is 2.27. The number of aryl methyl sites for hydroxylation is 1. The number of hydrogen-bond acceptors (Lipinski definition) is 4. The van der Waals surface area contributed by atoms with Crippen molar-refractivity contribution in [2.75, 3.05) is 32.5 Å². The van der Waals surface area contributed by atoms with Crippen molar-refractivity contribution in [1.29, 1.82) is 0 Å². The molecule has 1 aromatic heterocycles. The summed E-state index contributed by atoms with van der Waals surface area (Å²) in [5.74, 6) is 0. The standard InChI is InChI=1S/C19H22ClN3O2S/c1-14-4-7-17(13-18(14)21-9-11-22(2)3)26(24,25)23-10-8-15-5-6-16(20)12-19(15)23/h4-8,10,12-13,21H,9,11H2,1-3H3. The Bertz CT molecular complexity index is 1040. The molecule has 0 aliphatic heterocycles. The van der Waals surface area contributed by atoms with Gasteiger partial charge in [0.1, 0.15) is 0 Å². The van der Waals surface area contributed by atoms with E-state index in [1.165, 1.54) is 3.97 Å². The minimum Gasteiger partial charge on any atom is -0.384 e. The van der Waals surface area contributed by atoms with E-state index in [1.807, 2.05) is 33.2 Å². The first-order valence-electron chi connectivity index (χ1n) is 8.30. The molecule has 1 N–H and O–H groups in total. The number of anilines is 1. The van der Waals surface area contributed by atoms with Gasteiger partial charge < -0.3 is 10.2 Å². The maximum absolute atomic E-state index is 13.1. The fourth-order valence-corrected chi connectivity index (χ4v) is 4.30. The molecule has 0 amide bonds. The highest BCUT2D eigenvalue weighted by atomic mass is 35.5. The largest absolute Gasteiger partial charge is 0.384 e. The molecule has 0 bridgehead atoms. The lowest BCUT2D eigenvalue weighted by Crippen LogP contribution is -2.21. The molecule has 0 spiro atoms. The van der Waals surface area contributed by atoms with Crippen LogP contribution in [0.1, 0.15) is 5.56 Å². The average molecular weight is 392 g/mol. The van der Waals surface area contributed by atoms with E-state index < -0.39 is 10.0 Å². The van der Waals surface area contributed by atoms with Gasteiger partial charge in [0.25, 0.3) is 10.0 Å². The quantitative estimate of drug-likeness (QED) is 0.694. The van der Waals surface area contributed by atoms with Crippen LogP contribution in [0, 0.1) is 6.92 Å². The monoisotopic (exact) mass is 391 g/mol. The van der Waals surface area contributed by atoms with Crippen molar-refractivity contribution < 1.29 is 8.42 Å². The second-order valence-corrected chi connectivity index (χ2v) is 8.78. The van der Waals surface area contributed by atoms with E-state index in [4.69, 9.17) is 11.6 Å². The molecule has 1 heterocycles. The van der Waals surface area contributed by atoms with E-state index in [1.54, 1.807) is 36.5 Å². The summed E-state index contributed by atoms with van der Waals surface area (Å²) in [6, 6.07) is 12.2. The van der Waals surface area contributed by atoms with Gasteiger partial charge in [0.15, 0.2) is 0 Å². The van der Waals surface area contributed by atoms with E-state index in [-0.39, 0.29) is 4.90 Å². The summed E-state index contributed by atoms with van der Waals surface area (Å²) >= 11 is 6.05. The van der Waals surface area contributed by atoms with Crippen molar-refractivity contribution in [2.24, 2.45) is 0 Å². The molecule has 7 heteroatoms. The number of likely N-dealkylation sites (N-methyl/N-ethyl adjacent to an activating group) is 1. The maximum atomic E-state index is 13.1. The predicted molar refractivity (Wildman–Crippen MR) is 108 cm³/mol. The zero-order chi connectivity index (χ0) is 18.9. The van der Waals surface area contributed by atoms with E-state index in [0.29, 0.717) is 10.5 Å². The minimum atomic E-state index is -3.71. The van der Waals surface area contributed by atoms with Gasteiger partial charge in [-0.2, -0.15) is 0 Å². The van der Waals surface area contributed by atoms with Gasteiger partial charge in [-0.15, -0.1) is 0 Å². The molecule has 0 unspecified atom stereocenters. The molecule has 2 aromatic carbocycles. The van der Waals surface area contributed by atoms with Gasteiger partial charge in [-0.1, -0.05) is 23.7 Å². The van der Waals surface area contributed by atoms with E-state index >= 15 is 0 Å². The third-order valence-corrected chi connectivity index (χ3v) is 6.18. The SMILES string of the molecule is Cc1ccc(S(=O)(=O)n2ccc3ccc(Cl)cc32)cc1NCCN(C)C. The Morgan fingerprint density at radius 2 is 1.88 bits per heavy atom. The van der Waals surface area contributed by atoms with Crippen LogP contribution < -0.4 is 5.32 Å². The first-order chi connectivity index (χ1) is 12.3. The Labute approximate surface area is 159 Å². The van der Waals surface area contributed by atoms with Gasteiger partial charge in [0, 0.05) is 35.4 Å². The van der Waals surface area contributed by atoms with Crippen LogP contribution >= 0.6 is 11.6 Å². The summed E-state index contributed by atoms with van der Waals surface area (Å²) in [6.45, 7) is 3.55. The van der Waals surface area contributed by atoms with Crippen LogP contribution in [0.15, 0.2) is 53.6 Å². The van der Waals surface area contributed by atoms with E-state index in [2.05, 4.69) is 10.2 Å². The number of nitrogens with one attached hydrogen (secondary N) is 1. The summed E-state index contributed by atoms with van der Waals surface area (Å²) in [5.41, 5.74) is 2.39. The fraction of sp³-hybridized carbons (Fsp3) is 0.263. The van der Waals surface area contributed by atoms with Crippen molar-refractivity contribution in [3.8, 4) is 0 Å². The summed E-state index contributed by atoms with van der Waals surface area (Å²) in [6.07, 6.45) is 1.56. The lowest BCUT2D eigenvalue weighted by Gasteiger charge is -2.15. The second-order valence-electron chi connectivity index (χ2n) is 6.53. The van der Waals surface area contributed by atoms with Gasteiger partial charge in [0.05, 0.1) is 10.4 Å². The number of rotatable bonds is 6. The van der Waals surface area contributed by atoms with Gasteiger partial charge in [-0.05, 0) is 56.9 Å². The lowest BCUT2D eigenvalue weighted by molar-refractivity contribution is 0.425. The summed E-state index contributed by atoms with van der Waals surface area (Å²) in [5, 5.41) is 4.64. The smallest absolute Gasteiger partial charge is 0.268 e. The summed E-state index contributed by atoms with van der Waals surface area (Å²) in [7, 11) is 0.283. The number of aromatic nitrogens is 1. The van der Waals surface area contributed by atoms with Crippen LogP contribution in [-0.2, 0) is 10.0 Å². The minimum absolute atomic E-state index is 0.243. The Morgan fingerprint density at radius 1 is 1.12 bits per heavy atom. The Hall–Kier alpha value is -2.02. The van der Waals surface area contributed by atoms with Crippen LogP contribution in [0.4, 0.5) is 5.69 Å². The van der Waals surface area contributed by atoms with Crippen LogP contribution in [0.3, 0.4) is 0 Å². The zero-order valence-electron chi connectivity index (χ0n) is 15.0. The van der Waals surface area contributed by atoms with Crippen LogP contribution in [-0.4, -0.2) is 44.5 Å². The number of halogens is 1. The summed E-state index contributed by atoms with van der Waals surface area (Å²) in [4.78, 5) is 2.31. The highest BCUT2D eigenvalue weighted by Gasteiger charge is 2.20. The first-order valence-corrected chi connectivity index (χ1v) is 10.1. The summed E-state index contributed by atoms with van der Waals surface area (Å²) < 4.78 is 27.6. The van der Waals surface area contributed by atoms with Crippen molar-refractivity contribution in [1.82, 2.24) is 8.87 Å². The number of benzene rings is 2. The molecule has 26 heavy (non-hydrogen) atoms. The number of fused-ring (bicyclic) bond motifs is 1. The molecular formula is C19H22ClN3O2S. The number of hydrogen-bond donors (Lipinski definition) is 1. The average Bonchev–Trinajstić information content (AvgIpc) is 2.99. The van der Waals surface area contributed by atoms with Gasteiger partial charge in [-0.3, -0.25) is 0 Å². The van der Waals surface area contributed by atoms with Crippen LogP contribution in [0.2, 0.25) is 5.02 Å². The lowest BCUT2D eigenvalue weighted by atomic mass is 10.2. The van der Waals surface area contributed by atoms with Crippen molar-refractivity contribution in [2.45, 2.75) is 11.8 Å². The van der Waals surface area contributed by atoms with Crippen molar-refractivity contribution in [3.05, 3.63) is 59.2 Å². The van der Waals surface area contributed by atoms with Crippen molar-refractivity contribution >= 4 is 38.2 Å². The molecule has 3 aromatic rings. The predicted octanol–water partition coefficient (Wildman–Crippen LogP) is 3.81. The molecule has 0 radical (unpaired) electrons. The van der Waals surface area contributed by atoms with Crippen molar-refractivity contribution in [3.63, 3.8) is 0 Å². The third kappa shape index (κ3) is 3.72. The molecule has 0 saturated carbocycles. The zero-order valence-corrected chi connectivity index (χ0v) is 16.6. The Balaban J connectivity index is 2.00. The molecule has 0 fully saturated rings. The molecule has 0 aliphatic rings. The third-order valence-electron chi connectivity index (χ3n) is 4.26. The molecular weight excluding hydrogens is 370 g/mol. The molecule has 0 saturated heterocycles. The van der Waals surface area contributed by atoms with Gasteiger partial charge in [-0.25, -0.2) is 12.4 Å². The fourth-order valence-electron chi connectivity index (χ4n) is 2.77. The topological polar surface area (TPSA) is 54.3 Å². The molecule has 0 atom stereocenters. The highest BCUT2D eigenvalue weighted by molar-refractivity contribution is 7.90.